The van der Waals surface area contributed by atoms with E-state index in [1.54, 1.807) is 13.2 Å². The van der Waals surface area contributed by atoms with Gasteiger partial charge in [-0.1, -0.05) is 18.5 Å². The smallest absolute Gasteiger partial charge is 0.227 e. The van der Waals surface area contributed by atoms with E-state index in [0.717, 1.165) is 12.0 Å². The number of rotatable bonds is 3. The molecular formula is C13H16ClNO2. The minimum Gasteiger partial charge on any atom is -0.495 e. The molecule has 0 saturated heterocycles. The third kappa shape index (κ3) is 2.55. The minimum absolute atomic E-state index is 0.0672. The predicted molar refractivity (Wildman–Crippen MR) is 68.6 cm³/mol. The van der Waals surface area contributed by atoms with Gasteiger partial charge < -0.3 is 10.1 Å². The van der Waals surface area contributed by atoms with Crippen LogP contribution in [0.2, 0.25) is 5.02 Å². The van der Waals surface area contributed by atoms with Gasteiger partial charge in [0.1, 0.15) is 5.75 Å². The maximum atomic E-state index is 11.8. The molecule has 2 rings (SSSR count). The van der Waals surface area contributed by atoms with Crippen molar-refractivity contribution < 1.29 is 9.53 Å². The number of ether oxygens (including phenoxy) is 1. The number of hydrogen-bond donors (Lipinski definition) is 1. The van der Waals surface area contributed by atoms with Crippen molar-refractivity contribution in [2.75, 3.05) is 12.4 Å². The fourth-order valence-electron chi connectivity index (χ4n) is 1.84. The van der Waals surface area contributed by atoms with Gasteiger partial charge in [-0.15, -0.1) is 0 Å². The first-order chi connectivity index (χ1) is 8.02. The number of methoxy groups -OCH3 is 1. The molecule has 1 aromatic carbocycles. The van der Waals surface area contributed by atoms with Crippen molar-refractivity contribution in [2.45, 2.75) is 20.3 Å². The first-order valence-corrected chi connectivity index (χ1v) is 6.05. The molecule has 1 amide bonds. The molecule has 4 heteroatoms. The molecule has 2 atom stereocenters. The standard InChI is InChI=1S/C13H16ClNO2/c1-7-4-9(7)13(16)15-11-5-8(2)10(14)6-12(11)17-3/h5-7,9H,4H2,1-3H3,(H,15,16). The van der Waals surface area contributed by atoms with Gasteiger partial charge in [-0.25, -0.2) is 0 Å². The number of carbonyl (C=O) groups excluding carboxylic acids is 1. The highest BCUT2D eigenvalue weighted by Crippen LogP contribution is 2.39. The van der Waals surface area contributed by atoms with Crippen LogP contribution in [0.15, 0.2) is 12.1 Å². The molecule has 1 fully saturated rings. The number of anilines is 1. The Morgan fingerprint density at radius 1 is 1.53 bits per heavy atom. The number of hydrogen-bond acceptors (Lipinski definition) is 2. The maximum absolute atomic E-state index is 11.8. The van der Waals surface area contributed by atoms with Crippen molar-refractivity contribution in [3.63, 3.8) is 0 Å². The maximum Gasteiger partial charge on any atom is 0.227 e. The Kier molecular flexibility index (Phi) is 3.29. The Balaban J connectivity index is 2.19. The average Bonchev–Trinajstić information content (AvgIpc) is 3.00. The van der Waals surface area contributed by atoms with Crippen LogP contribution in [0.25, 0.3) is 0 Å². The summed E-state index contributed by atoms with van der Waals surface area (Å²) in [5.41, 5.74) is 1.62. The van der Waals surface area contributed by atoms with E-state index in [2.05, 4.69) is 12.2 Å². The third-order valence-corrected chi connectivity index (χ3v) is 3.59. The molecular weight excluding hydrogens is 238 g/mol. The molecule has 0 aliphatic heterocycles. The van der Waals surface area contributed by atoms with E-state index in [-0.39, 0.29) is 11.8 Å². The molecule has 1 aliphatic carbocycles. The van der Waals surface area contributed by atoms with Crippen molar-refractivity contribution in [3.05, 3.63) is 22.7 Å². The second-order valence-electron chi connectivity index (χ2n) is 4.61. The van der Waals surface area contributed by atoms with Crippen molar-refractivity contribution in [1.82, 2.24) is 0 Å². The first kappa shape index (κ1) is 12.2. The van der Waals surface area contributed by atoms with Gasteiger partial charge in [0, 0.05) is 17.0 Å². The number of aryl methyl sites for hydroxylation is 1. The quantitative estimate of drug-likeness (QED) is 0.898. The van der Waals surface area contributed by atoms with Crippen LogP contribution in [-0.4, -0.2) is 13.0 Å². The highest BCUT2D eigenvalue weighted by molar-refractivity contribution is 6.31. The summed E-state index contributed by atoms with van der Waals surface area (Å²) in [5.74, 6) is 1.31. The summed E-state index contributed by atoms with van der Waals surface area (Å²) >= 11 is 6.01. The summed E-state index contributed by atoms with van der Waals surface area (Å²) in [6, 6.07) is 3.56. The average molecular weight is 254 g/mol. The Hall–Kier alpha value is -1.22. The lowest BCUT2D eigenvalue weighted by atomic mass is 10.2. The van der Waals surface area contributed by atoms with Gasteiger partial charge in [0.05, 0.1) is 12.8 Å². The van der Waals surface area contributed by atoms with E-state index < -0.39 is 0 Å². The monoisotopic (exact) mass is 253 g/mol. The number of amides is 1. The summed E-state index contributed by atoms with van der Waals surface area (Å²) in [4.78, 5) is 11.8. The Labute approximate surface area is 106 Å². The number of carbonyl (C=O) groups is 1. The summed E-state index contributed by atoms with van der Waals surface area (Å²) < 4.78 is 5.21. The number of benzene rings is 1. The molecule has 92 valence electrons. The van der Waals surface area contributed by atoms with Crippen LogP contribution in [-0.2, 0) is 4.79 Å². The van der Waals surface area contributed by atoms with Crippen molar-refractivity contribution in [1.29, 1.82) is 0 Å². The van der Waals surface area contributed by atoms with Crippen molar-refractivity contribution in [3.8, 4) is 5.75 Å². The second-order valence-corrected chi connectivity index (χ2v) is 5.02. The minimum atomic E-state index is 0.0672. The second kappa shape index (κ2) is 4.57. The molecule has 3 nitrogen and oxygen atoms in total. The van der Waals surface area contributed by atoms with Crippen LogP contribution in [0.5, 0.6) is 5.75 Å². The topological polar surface area (TPSA) is 38.3 Å². The molecule has 1 aliphatic rings. The van der Waals surface area contributed by atoms with Gasteiger partial charge in [0.25, 0.3) is 0 Å². The highest BCUT2D eigenvalue weighted by atomic mass is 35.5. The SMILES string of the molecule is COc1cc(Cl)c(C)cc1NC(=O)C1CC1C. The Morgan fingerprint density at radius 2 is 2.18 bits per heavy atom. The largest absolute Gasteiger partial charge is 0.495 e. The molecule has 0 radical (unpaired) electrons. The Bertz CT molecular complexity index is 459. The van der Waals surface area contributed by atoms with Gasteiger partial charge in [-0.2, -0.15) is 0 Å². The molecule has 0 spiro atoms. The number of nitrogens with one attached hydrogen (secondary N) is 1. The zero-order valence-electron chi connectivity index (χ0n) is 10.2. The predicted octanol–water partition coefficient (Wildman–Crippen LogP) is 3.25. The zero-order valence-corrected chi connectivity index (χ0v) is 11.0. The third-order valence-electron chi connectivity index (χ3n) is 3.18. The fourth-order valence-corrected chi connectivity index (χ4v) is 2.00. The number of halogens is 1. The first-order valence-electron chi connectivity index (χ1n) is 5.68. The van der Waals surface area contributed by atoms with E-state index in [9.17, 15) is 4.79 Å². The van der Waals surface area contributed by atoms with Crippen LogP contribution in [0.1, 0.15) is 18.9 Å². The van der Waals surface area contributed by atoms with Gasteiger partial charge in [-0.3, -0.25) is 4.79 Å². The molecule has 0 heterocycles. The van der Waals surface area contributed by atoms with Crippen LogP contribution in [0, 0.1) is 18.8 Å². The lowest BCUT2D eigenvalue weighted by Crippen LogP contribution is -2.15. The van der Waals surface area contributed by atoms with E-state index >= 15 is 0 Å². The van der Waals surface area contributed by atoms with Gasteiger partial charge in [-0.05, 0) is 30.9 Å². The molecule has 2 unspecified atom stereocenters. The van der Waals surface area contributed by atoms with Crippen molar-refractivity contribution in [2.24, 2.45) is 11.8 Å². The highest BCUT2D eigenvalue weighted by Gasteiger charge is 2.39. The van der Waals surface area contributed by atoms with E-state index in [0.29, 0.717) is 22.4 Å². The summed E-state index contributed by atoms with van der Waals surface area (Å²) in [6.45, 7) is 3.98. The molecule has 1 N–H and O–H groups in total. The van der Waals surface area contributed by atoms with Gasteiger partial charge >= 0.3 is 0 Å². The van der Waals surface area contributed by atoms with Crippen LogP contribution in [0.4, 0.5) is 5.69 Å². The summed E-state index contributed by atoms with van der Waals surface area (Å²) in [6.07, 6.45) is 0.973. The summed E-state index contributed by atoms with van der Waals surface area (Å²) in [7, 11) is 1.57. The van der Waals surface area contributed by atoms with Crippen LogP contribution < -0.4 is 10.1 Å². The van der Waals surface area contributed by atoms with E-state index in [1.807, 2.05) is 13.0 Å². The molecule has 1 saturated carbocycles. The lowest BCUT2D eigenvalue weighted by Gasteiger charge is -2.12. The zero-order chi connectivity index (χ0) is 12.6. The van der Waals surface area contributed by atoms with Crippen LogP contribution in [0.3, 0.4) is 0 Å². The van der Waals surface area contributed by atoms with E-state index in [1.165, 1.54) is 0 Å². The molecule has 17 heavy (non-hydrogen) atoms. The van der Waals surface area contributed by atoms with E-state index in [4.69, 9.17) is 16.3 Å². The Morgan fingerprint density at radius 3 is 2.71 bits per heavy atom. The van der Waals surface area contributed by atoms with Gasteiger partial charge in [0.2, 0.25) is 5.91 Å². The lowest BCUT2D eigenvalue weighted by molar-refractivity contribution is -0.117. The normalized spacial score (nSPS) is 22.1. The van der Waals surface area contributed by atoms with Crippen molar-refractivity contribution >= 4 is 23.2 Å². The summed E-state index contributed by atoms with van der Waals surface area (Å²) in [5, 5.41) is 3.54. The van der Waals surface area contributed by atoms with Gasteiger partial charge in [0.15, 0.2) is 0 Å². The van der Waals surface area contributed by atoms with Crippen LogP contribution >= 0.6 is 11.6 Å². The molecule has 0 aromatic heterocycles. The fraction of sp³-hybridized carbons (Fsp3) is 0.462. The molecule has 0 bridgehead atoms. The molecule has 1 aromatic rings.